The summed E-state index contributed by atoms with van der Waals surface area (Å²) in [5, 5.41) is 10.5. The van der Waals surface area contributed by atoms with Crippen molar-refractivity contribution < 1.29 is 9.21 Å². The summed E-state index contributed by atoms with van der Waals surface area (Å²) in [6.07, 6.45) is 6.97. The average molecular weight is 295 g/mol. The van der Waals surface area contributed by atoms with Crippen LogP contribution in [0.15, 0.2) is 29.1 Å². The molecule has 0 aliphatic carbocycles. The normalized spacial score (nSPS) is 16.2. The molecule has 1 saturated heterocycles. The van der Waals surface area contributed by atoms with E-state index in [9.17, 15) is 4.79 Å². The van der Waals surface area contributed by atoms with E-state index in [4.69, 9.17) is 16.0 Å². The molecule has 0 radical (unpaired) electrons. The van der Waals surface area contributed by atoms with Gasteiger partial charge in [-0.2, -0.15) is 5.10 Å². The molecule has 2 aromatic rings. The van der Waals surface area contributed by atoms with Crippen LogP contribution in [0.2, 0.25) is 5.22 Å². The van der Waals surface area contributed by atoms with Gasteiger partial charge in [0.2, 0.25) is 5.22 Å². The fourth-order valence-corrected chi connectivity index (χ4v) is 2.53. The molecule has 6 nitrogen and oxygen atoms in total. The standard InChI is InChI=1S/C13H15ClN4O2/c14-12-11(3-6-20-12)13(19)17-9-7-16-18(8-9)10-1-4-15-5-2-10/h3,6-8,10,15H,1-2,4-5H2,(H,17,19). The Kier molecular flexibility index (Phi) is 3.75. The van der Waals surface area contributed by atoms with E-state index in [1.807, 2.05) is 10.9 Å². The van der Waals surface area contributed by atoms with Crippen molar-refractivity contribution in [1.82, 2.24) is 15.1 Å². The number of amides is 1. The number of carbonyl (C=O) groups excluding carboxylic acids is 1. The van der Waals surface area contributed by atoms with Crippen molar-refractivity contribution in [2.75, 3.05) is 18.4 Å². The number of anilines is 1. The van der Waals surface area contributed by atoms with Gasteiger partial charge in [0.05, 0.1) is 29.8 Å². The molecule has 1 amide bonds. The molecule has 0 aromatic carbocycles. The average Bonchev–Trinajstić information content (AvgIpc) is 3.09. The molecular weight excluding hydrogens is 280 g/mol. The smallest absolute Gasteiger partial charge is 0.260 e. The number of hydrogen-bond acceptors (Lipinski definition) is 4. The number of nitrogens with zero attached hydrogens (tertiary/aromatic N) is 2. The Bertz CT molecular complexity index is 601. The first kappa shape index (κ1) is 13.2. The molecule has 1 fully saturated rings. The minimum atomic E-state index is -0.298. The second-order valence-corrected chi connectivity index (χ2v) is 5.10. The van der Waals surface area contributed by atoms with Gasteiger partial charge in [-0.25, -0.2) is 0 Å². The lowest BCUT2D eigenvalue weighted by atomic mass is 10.1. The van der Waals surface area contributed by atoms with Gasteiger partial charge in [0.15, 0.2) is 0 Å². The van der Waals surface area contributed by atoms with Gasteiger partial charge in [0.25, 0.3) is 5.91 Å². The summed E-state index contributed by atoms with van der Waals surface area (Å²) >= 11 is 5.77. The summed E-state index contributed by atoms with van der Waals surface area (Å²) in [4.78, 5) is 12.0. The molecule has 3 heterocycles. The van der Waals surface area contributed by atoms with E-state index in [1.54, 1.807) is 6.20 Å². The number of furan rings is 1. The molecule has 0 unspecified atom stereocenters. The van der Waals surface area contributed by atoms with Crippen molar-refractivity contribution in [1.29, 1.82) is 0 Å². The van der Waals surface area contributed by atoms with Crippen LogP contribution in [0.4, 0.5) is 5.69 Å². The molecule has 7 heteroatoms. The van der Waals surface area contributed by atoms with Gasteiger partial charge in [-0.15, -0.1) is 0 Å². The highest BCUT2D eigenvalue weighted by Crippen LogP contribution is 2.21. The van der Waals surface area contributed by atoms with E-state index in [1.165, 1.54) is 12.3 Å². The Balaban J connectivity index is 1.68. The largest absolute Gasteiger partial charge is 0.452 e. The zero-order valence-electron chi connectivity index (χ0n) is 10.8. The first-order valence-corrected chi connectivity index (χ1v) is 6.91. The number of piperidine rings is 1. The van der Waals surface area contributed by atoms with Gasteiger partial charge >= 0.3 is 0 Å². The molecule has 0 atom stereocenters. The van der Waals surface area contributed by atoms with E-state index in [0.717, 1.165) is 25.9 Å². The van der Waals surface area contributed by atoms with E-state index >= 15 is 0 Å². The maximum absolute atomic E-state index is 12.0. The Morgan fingerprint density at radius 3 is 3.00 bits per heavy atom. The van der Waals surface area contributed by atoms with Crippen molar-refractivity contribution >= 4 is 23.2 Å². The summed E-state index contributed by atoms with van der Waals surface area (Å²) in [6.45, 7) is 1.99. The van der Waals surface area contributed by atoms with Crippen LogP contribution in [0.5, 0.6) is 0 Å². The predicted molar refractivity (Wildman–Crippen MR) is 75.0 cm³/mol. The molecule has 0 saturated carbocycles. The molecule has 1 aliphatic heterocycles. The van der Waals surface area contributed by atoms with E-state index in [0.29, 0.717) is 17.3 Å². The first-order chi connectivity index (χ1) is 9.74. The third-order valence-corrected chi connectivity index (χ3v) is 3.70. The monoisotopic (exact) mass is 294 g/mol. The van der Waals surface area contributed by atoms with Gasteiger partial charge in [-0.3, -0.25) is 9.48 Å². The highest BCUT2D eigenvalue weighted by atomic mass is 35.5. The molecule has 2 aromatic heterocycles. The Hall–Kier alpha value is -1.79. The Labute approximate surface area is 121 Å². The maximum atomic E-state index is 12.0. The van der Waals surface area contributed by atoms with Gasteiger partial charge < -0.3 is 15.1 Å². The summed E-state index contributed by atoms with van der Waals surface area (Å²) < 4.78 is 6.81. The molecule has 0 bridgehead atoms. The summed E-state index contributed by atoms with van der Waals surface area (Å²) in [6, 6.07) is 1.92. The van der Waals surface area contributed by atoms with Crippen molar-refractivity contribution in [3.8, 4) is 0 Å². The van der Waals surface area contributed by atoms with E-state index < -0.39 is 0 Å². The quantitative estimate of drug-likeness (QED) is 0.911. The minimum absolute atomic E-state index is 0.0910. The van der Waals surface area contributed by atoms with E-state index in [2.05, 4.69) is 15.7 Å². The van der Waals surface area contributed by atoms with Crippen LogP contribution in [-0.2, 0) is 0 Å². The summed E-state index contributed by atoms with van der Waals surface area (Å²) in [5.41, 5.74) is 0.979. The van der Waals surface area contributed by atoms with Crippen LogP contribution in [0.1, 0.15) is 29.2 Å². The second-order valence-electron chi connectivity index (χ2n) is 4.75. The number of rotatable bonds is 3. The third-order valence-electron chi connectivity index (χ3n) is 3.40. The van der Waals surface area contributed by atoms with Gasteiger partial charge in [-0.05, 0) is 43.6 Å². The zero-order chi connectivity index (χ0) is 13.9. The second kappa shape index (κ2) is 5.68. The fourth-order valence-electron chi connectivity index (χ4n) is 2.33. The molecule has 1 aliphatic rings. The van der Waals surface area contributed by atoms with Crippen LogP contribution >= 0.6 is 11.6 Å². The minimum Gasteiger partial charge on any atom is -0.452 e. The molecular formula is C13H15ClN4O2. The number of nitrogens with one attached hydrogen (secondary N) is 2. The van der Waals surface area contributed by atoms with Crippen molar-refractivity contribution in [3.63, 3.8) is 0 Å². The topological polar surface area (TPSA) is 72.1 Å². The Morgan fingerprint density at radius 2 is 2.30 bits per heavy atom. The molecule has 20 heavy (non-hydrogen) atoms. The van der Waals surface area contributed by atoms with Crippen LogP contribution in [0.25, 0.3) is 0 Å². The highest BCUT2D eigenvalue weighted by molar-refractivity contribution is 6.32. The first-order valence-electron chi connectivity index (χ1n) is 6.53. The number of halogens is 1. The van der Waals surface area contributed by atoms with Gasteiger partial charge in [0, 0.05) is 6.20 Å². The molecule has 0 spiro atoms. The lowest BCUT2D eigenvalue weighted by molar-refractivity contribution is 0.102. The van der Waals surface area contributed by atoms with Crippen molar-refractivity contribution in [3.05, 3.63) is 35.5 Å². The molecule has 2 N–H and O–H groups in total. The van der Waals surface area contributed by atoms with Crippen LogP contribution in [0, 0.1) is 0 Å². The third kappa shape index (κ3) is 2.71. The number of hydrogen-bond donors (Lipinski definition) is 2. The SMILES string of the molecule is O=C(Nc1cnn(C2CCNCC2)c1)c1ccoc1Cl. The van der Waals surface area contributed by atoms with Crippen LogP contribution in [-0.4, -0.2) is 28.8 Å². The zero-order valence-corrected chi connectivity index (χ0v) is 11.6. The van der Waals surface area contributed by atoms with Crippen LogP contribution < -0.4 is 10.6 Å². The highest BCUT2D eigenvalue weighted by Gasteiger charge is 2.17. The summed E-state index contributed by atoms with van der Waals surface area (Å²) in [7, 11) is 0. The fraction of sp³-hybridized carbons (Fsp3) is 0.385. The van der Waals surface area contributed by atoms with E-state index in [-0.39, 0.29) is 11.1 Å². The molecule has 3 rings (SSSR count). The lowest BCUT2D eigenvalue weighted by Crippen LogP contribution is -2.29. The van der Waals surface area contributed by atoms with Crippen molar-refractivity contribution in [2.45, 2.75) is 18.9 Å². The van der Waals surface area contributed by atoms with Gasteiger partial charge in [0.1, 0.15) is 0 Å². The molecule has 106 valence electrons. The van der Waals surface area contributed by atoms with Crippen LogP contribution in [0.3, 0.4) is 0 Å². The number of aromatic nitrogens is 2. The predicted octanol–water partition coefficient (Wildman–Crippen LogP) is 2.31. The van der Waals surface area contributed by atoms with Crippen molar-refractivity contribution in [2.24, 2.45) is 0 Å². The van der Waals surface area contributed by atoms with Gasteiger partial charge in [-0.1, -0.05) is 0 Å². The Morgan fingerprint density at radius 1 is 1.50 bits per heavy atom. The summed E-state index contributed by atoms with van der Waals surface area (Å²) in [5.74, 6) is -0.298. The number of carbonyl (C=O) groups is 1. The maximum Gasteiger partial charge on any atom is 0.260 e. The lowest BCUT2D eigenvalue weighted by Gasteiger charge is -2.22.